The fraction of sp³-hybridized carbons (Fsp3) is 0.235. The molecular weight excluding hydrogens is 267 g/mol. The Morgan fingerprint density at radius 2 is 2.10 bits per heavy atom. The van der Waals surface area contributed by atoms with Gasteiger partial charge in [0.25, 0.3) is 0 Å². The smallest absolute Gasteiger partial charge is 0.147 e. The first-order chi connectivity index (χ1) is 10.2. The number of nitrogens with zero attached hydrogens (tertiary/aromatic N) is 2. The number of para-hydroxylation sites is 1. The van der Waals surface area contributed by atoms with Gasteiger partial charge in [-0.1, -0.05) is 12.1 Å². The Balaban J connectivity index is 1.97. The van der Waals surface area contributed by atoms with E-state index in [9.17, 15) is 4.39 Å². The molecule has 3 aromatic rings. The molecule has 0 atom stereocenters. The van der Waals surface area contributed by atoms with Crippen LogP contribution in [0.1, 0.15) is 25.5 Å². The lowest BCUT2D eigenvalue weighted by atomic mass is 10.2. The predicted molar refractivity (Wildman–Crippen MR) is 80.9 cm³/mol. The van der Waals surface area contributed by atoms with Crippen molar-refractivity contribution in [3.05, 3.63) is 60.3 Å². The molecule has 2 heterocycles. The molecule has 0 aliphatic heterocycles. The molecule has 0 radical (unpaired) electrons. The summed E-state index contributed by atoms with van der Waals surface area (Å²) in [5.74, 6) is 0.508. The van der Waals surface area contributed by atoms with Crippen molar-refractivity contribution in [3.63, 3.8) is 0 Å². The van der Waals surface area contributed by atoms with Crippen molar-refractivity contribution in [3.8, 4) is 5.75 Å². The van der Waals surface area contributed by atoms with Gasteiger partial charge in [0.15, 0.2) is 0 Å². The average Bonchev–Trinajstić information content (AvgIpc) is 2.87. The first kappa shape index (κ1) is 13.6. The lowest BCUT2D eigenvalue weighted by Crippen LogP contribution is -2.00. The van der Waals surface area contributed by atoms with Gasteiger partial charge in [-0.3, -0.25) is 4.98 Å². The van der Waals surface area contributed by atoms with Crippen LogP contribution in [0.25, 0.3) is 10.9 Å². The maximum Gasteiger partial charge on any atom is 0.147 e. The Labute approximate surface area is 123 Å². The molecule has 3 rings (SSSR count). The van der Waals surface area contributed by atoms with Crippen LogP contribution in [0.2, 0.25) is 0 Å². The van der Waals surface area contributed by atoms with E-state index in [-0.39, 0.29) is 11.9 Å². The Hall–Kier alpha value is -2.36. The summed E-state index contributed by atoms with van der Waals surface area (Å²) in [6.07, 6.45) is 5.34. The topological polar surface area (TPSA) is 27.1 Å². The molecule has 0 fully saturated rings. The van der Waals surface area contributed by atoms with E-state index in [0.29, 0.717) is 17.9 Å². The van der Waals surface area contributed by atoms with Crippen LogP contribution in [0.4, 0.5) is 4.39 Å². The van der Waals surface area contributed by atoms with E-state index < -0.39 is 0 Å². The van der Waals surface area contributed by atoms with Gasteiger partial charge in [-0.05, 0) is 32.0 Å². The zero-order valence-electron chi connectivity index (χ0n) is 12.1. The Morgan fingerprint density at radius 1 is 1.24 bits per heavy atom. The van der Waals surface area contributed by atoms with Gasteiger partial charge in [0, 0.05) is 29.4 Å². The minimum Gasteiger partial charge on any atom is -0.487 e. The fourth-order valence-corrected chi connectivity index (χ4v) is 2.45. The highest BCUT2D eigenvalue weighted by molar-refractivity contribution is 5.84. The number of hydrogen-bond donors (Lipinski definition) is 0. The molecule has 0 N–H and O–H groups in total. The summed E-state index contributed by atoms with van der Waals surface area (Å²) in [5.41, 5.74) is 1.61. The van der Waals surface area contributed by atoms with Crippen LogP contribution in [0.5, 0.6) is 5.75 Å². The summed E-state index contributed by atoms with van der Waals surface area (Å²) < 4.78 is 21.8. The van der Waals surface area contributed by atoms with Crippen LogP contribution in [0, 0.1) is 5.82 Å². The SMILES string of the molecule is CC(C)n1cc(COc2cccnc2)c2cccc(F)c21. The number of fused-ring (bicyclic) bond motifs is 1. The highest BCUT2D eigenvalue weighted by atomic mass is 19.1. The molecular formula is C17H17FN2O. The van der Waals surface area contributed by atoms with Gasteiger partial charge in [0.2, 0.25) is 0 Å². The molecule has 1 aromatic carbocycles. The van der Waals surface area contributed by atoms with Crippen molar-refractivity contribution in [2.75, 3.05) is 0 Å². The molecule has 0 saturated carbocycles. The molecule has 0 amide bonds. The Morgan fingerprint density at radius 3 is 2.81 bits per heavy atom. The average molecular weight is 284 g/mol. The van der Waals surface area contributed by atoms with Crippen LogP contribution in [0.15, 0.2) is 48.9 Å². The minimum absolute atomic E-state index is 0.191. The van der Waals surface area contributed by atoms with Crippen LogP contribution in [-0.4, -0.2) is 9.55 Å². The van der Waals surface area contributed by atoms with Gasteiger partial charge >= 0.3 is 0 Å². The number of benzene rings is 1. The highest BCUT2D eigenvalue weighted by Gasteiger charge is 2.14. The van der Waals surface area contributed by atoms with Crippen LogP contribution in [0.3, 0.4) is 0 Å². The number of ether oxygens (including phenoxy) is 1. The van der Waals surface area contributed by atoms with Crippen molar-refractivity contribution in [2.24, 2.45) is 0 Å². The molecule has 4 heteroatoms. The molecule has 2 aromatic heterocycles. The van der Waals surface area contributed by atoms with E-state index in [4.69, 9.17) is 4.74 Å². The second-order valence-corrected chi connectivity index (χ2v) is 5.27. The standard InChI is InChI=1S/C17H17FN2O/c1-12(2)20-10-13(11-21-14-5-4-8-19-9-14)15-6-3-7-16(18)17(15)20/h3-10,12H,11H2,1-2H3. The van der Waals surface area contributed by atoms with Gasteiger partial charge in [0.05, 0.1) is 11.7 Å². The molecule has 0 bridgehead atoms. The maximum atomic E-state index is 14.1. The fourth-order valence-electron chi connectivity index (χ4n) is 2.45. The van der Waals surface area contributed by atoms with Crippen molar-refractivity contribution in [1.29, 1.82) is 0 Å². The molecule has 0 unspecified atom stereocenters. The molecule has 0 aliphatic rings. The molecule has 21 heavy (non-hydrogen) atoms. The van der Waals surface area contributed by atoms with Gasteiger partial charge in [-0.25, -0.2) is 4.39 Å². The third-order valence-corrected chi connectivity index (χ3v) is 3.47. The van der Waals surface area contributed by atoms with E-state index in [0.717, 1.165) is 10.9 Å². The van der Waals surface area contributed by atoms with Gasteiger partial charge in [-0.2, -0.15) is 0 Å². The van der Waals surface area contributed by atoms with Crippen molar-refractivity contribution in [2.45, 2.75) is 26.5 Å². The number of rotatable bonds is 4. The third kappa shape index (κ3) is 2.61. The van der Waals surface area contributed by atoms with Crippen LogP contribution >= 0.6 is 0 Å². The normalized spacial score (nSPS) is 11.2. The predicted octanol–water partition coefficient (Wildman–Crippen LogP) is 4.34. The van der Waals surface area contributed by atoms with Crippen molar-refractivity contribution in [1.82, 2.24) is 9.55 Å². The summed E-state index contributed by atoms with van der Waals surface area (Å²) in [6, 6.07) is 9.03. The van der Waals surface area contributed by atoms with E-state index in [2.05, 4.69) is 4.98 Å². The lowest BCUT2D eigenvalue weighted by molar-refractivity contribution is 0.306. The highest BCUT2D eigenvalue weighted by Crippen LogP contribution is 2.27. The summed E-state index contributed by atoms with van der Waals surface area (Å²) in [5, 5.41) is 0.896. The number of aromatic nitrogens is 2. The van der Waals surface area contributed by atoms with Crippen molar-refractivity contribution < 1.29 is 9.13 Å². The second-order valence-electron chi connectivity index (χ2n) is 5.27. The van der Waals surface area contributed by atoms with Gasteiger partial charge in [-0.15, -0.1) is 0 Å². The largest absolute Gasteiger partial charge is 0.487 e. The summed E-state index contributed by atoms with van der Waals surface area (Å²) in [4.78, 5) is 4.02. The third-order valence-electron chi connectivity index (χ3n) is 3.47. The molecule has 0 saturated heterocycles. The Bertz CT molecular complexity index is 750. The second kappa shape index (κ2) is 5.56. The zero-order valence-corrected chi connectivity index (χ0v) is 12.1. The molecule has 0 aliphatic carbocycles. The monoisotopic (exact) mass is 284 g/mol. The molecule has 0 spiro atoms. The molecule has 3 nitrogen and oxygen atoms in total. The van der Waals surface area contributed by atoms with E-state index in [1.807, 2.05) is 42.8 Å². The first-order valence-electron chi connectivity index (χ1n) is 6.97. The van der Waals surface area contributed by atoms with Crippen LogP contribution < -0.4 is 4.74 Å². The molecule has 108 valence electrons. The lowest BCUT2D eigenvalue weighted by Gasteiger charge is -2.09. The van der Waals surface area contributed by atoms with E-state index >= 15 is 0 Å². The number of halogens is 1. The van der Waals surface area contributed by atoms with Gasteiger partial charge in [0.1, 0.15) is 18.2 Å². The van der Waals surface area contributed by atoms with Gasteiger partial charge < -0.3 is 9.30 Å². The first-order valence-corrected chi connectivity index (χ1v) is 6.97. The Kier molecular flexibility index (Phi) is 3.60. The zero-order chi connectivity index (χ0) is 14.8. The number of pyridine rings is 1. The summed E-state index contributed by atoms with van der Waals surface area (Å²) in [6.45, 7) is 4.47. The maximum absolute atomic E-state index is 14.1. The summed E-state index contributed by atoms with van der Waals surface area (Å²) >= 11 is 0. The number of hydrogen-bond acceptors (Lipinski definition) is 2. The van der Waals surface area contributed by atoms with Crippen molar-refractivity contribution >= 4 is 10.9 Å². The van der Waals surface area contributed by atoms with Crippen LogP contribution in [-0.2, 0) is 6.61 Å². The van der Waals surface area contributed by atoms with E-state index in [1.165, 1.54) is 6.07 Å². The quantitative estimate of drug-likeness (QED) is 0.712. The summed E-state index contributed by atoms with van der Waals surface area (Å²) in [7, 11) is 0. The minimum atomic E-state index is -0.200. The van der Waals surface area contributed by atoms with E-state index in [1.54, 1.807) is 18.5 Å².